The van der Waals surface area contributed by atoms with Gasteiger partial charge in [0.1, 0.15) is 11.3 Å². The molecule has 2 fully saturated rings. The first kappa shape index (κ1) is 18.2. The Bertz CT molecular complexity index is 1040. The molecule has 150 valence electrons. The predicted octanol–water partition coefficient (Wildman–Crippen LogP) is 5.04. The van der Waals surface area contributed by atoms with Crippen LogP contribution in [-0.2, 0) is 6.42 Å². The van der Waals surface area contributed by atoms with Gasteiger partial charge in [0.15, 0.2) is 11.5 Å². The number of nitrogens with zero attached hydrogens (tertiary/aromatic N) is 2. The molecule has 1 saturated heterocycles. The molecule has 0 unspecified atom stereocenters. The van der Waals surface area contributed by atoms with Crippen LogP contribution < -0.4 is 0 Å². The summed E-state index contributed by atoms with van der Waals surface area (Å²) in [5, 5.41) is 9.69. The molecule has 5 rings (SSSR count). The molecule has 1 aliphatic heterocycles. The molecule has 1 amide bonds. The van der Waals surface area contributed by atoms with E-state index in [-0.39, 0.29) is 11.9 Å². The van der Waals surface area contributed by atoms with E-state index in [1.54, 1.807) is 6.07 Å². The number of carbonyl (C=O) groups is 1. The van der Waals surface area contributed by atoms with Gasteiger partial charge in [-0.05, 0) is 80.8 Å². The molecule has 1 atom stereocenters. The van der Waals surface area contributed by atoms with Crippen LogP contribution in [0, 0.1) is 0 Å². The third-order valence-electron chi connectivity index (χ3n) is 6.14. The van der Waals surface area contributed by atoms with Gasteiger partial charge in [-0.1, -0.05) is 12.1 Å². The third kappa shape index (κ3) is 3.86. The number of amides is 1. The third-order valence-corrected chi connectivity index (χ3v) is 6.14. The molecule has 2 aliphatic rings. The predicted molar refractivity (Wildman–Crippen MR) is 111 cm³/mol. The minimum Gasteiger partial charge on any atom is -0.508 e. The average Bonchev–Trinajstić information content (AvgIpc) is 3.51. The smallest absolute Gasteiger partial charge is 0.254 e. The highest BCUT2D eigenvalue weighted by atomic mass is 16.3. The van der Waals surface area contributed by atoms with Crippen molar-refractivity contribution in [1.29, 1.82) is 0 Å². The zero-order valence-electron chi connectivity index (χ0n) is 16.5. The Labute approximate surface area is 170 Å². The number of phenols is 1. The van der Waals surface area contributed by atoms with Gasteiger partial charge in [-0.3, -0.25) is 4.79 Å². The normalized spacial score (nSPS) is 19.6. The number of aryl methyl sites for hydroxylation is 1. The van der Waals surface area contributed by atoms with E-state index in [1.165, 1.54) is 0 Å². The van der Waals surface area contributed by atoms with Crippen molar-refractivity contribution in [2.24, 2.45) is 0 Å². The molecule has 5 nitrogen and oxygen atoms in total. The molecule has 0 radical (unpaired) electrons. The summed E-state index contributed by atoms with van der Waals surface area (Å²) in [6.45, 7) is 0.797. The lowest BCUT2D eigenvalue weighted by Gasteiger charge is -2.36. The van der Waals surface area contributed by atoms with E-state index in [2.05, 4.69) is 4.98 Å². The topological polar surface area (TPSA) is 66.6 Å². The van der Waals surface area contributed by atoms with Crippen LogP contribution in [0.5, 0.6) is 5.75 Å². The zero-order chi connectivity index (χ0) is 19.8. The van der Waals surface area contributed by atoms with Crippen molar-refractivity contribution in [2.45, 2.75) is 56.9 Å². The Morgan fingerprint density at radius 3 is 2.86 bits per heavy atom. The lowest BCUT2D eigenvalue weighted by atomic mass is 9.95. The number of aromatic nitrogens is 1. The first-order valence-electron chi connectivity index (χ1n) is 10.7. The van der Waals surface area contributed by atoms with Crippen molar-refractivity contribution in [3.8, 4) is 5.75 Å². The quantitative estimate of drug-likeness (QED) is 0.663. The highest BCUT2D eigenvalue weighted by molar-refractivity contribution is 5.97. The lowest BCUT2D eigenvalue weighted by Crippen LogP contribution is -2.44. The maximum atomic E-state index is 13.3. The number of phenolic OH excluding ortho intramolecular Hbond substituents is 1. The highest BCUT2D eigenvalue weighted by Gasteiger charge is 2.30. The van der Waals surface area contributed by atoms with Gasteiger partial charge in [0.25, 0.3) is 5.91 Å². The largest absolute Gasteiger partial charge is 0.508 e. The van der Waals surface area contributed by atoms with E-state index in [0.717, 1.165) is 68.5 Å². The molecule has 1 saturated carbocycles. The second kappa shape index (κ2) is 7.54. The Morgan fingerprint density at radius 1 is 1.14 bits per heavy atom. The molecule has 2 heterocycles. The molecule has 3 aromatic rings. The Balaban J connectivity index is 1.33. The van der Waals surface area contributed by atoms with Crippen LogP contribution in [0.25, 0.3) is 11.1 Å². The molecule has 2 aromatic carbocycles. The van der Waals surface area contributed by atoms with E-state index < -0.39 is 0 Å². The van der Waals surface area contributed by atoms with Crippen LogP contribution in [-0.4, -0.2) is 33.5 Å². The van der Waals surface area contributed by atoms with Crippen LogP contribution in [0.15, 0.2) is 46.9 Å². The minimum atomic E-state index is 0.0804. The zero-order valence-corrected chi connectivity index (χ0v) is 16.5. The number of hydrogen-bond acceptors (Lipinski definition) is 4. The number of benzene rings is 2. The van der Waals surface area contributed by atoms with Crippen molar-refractivity contribution < 1.29 is 14.3 Å². The summed E-state index contributed by atoms with van der Waals surface area (Å²) in [4.78, 5) is 19.9. The van der Waals surface area contributed by atoms with Crippen molar-refractivity contribution in [1.82, 2.24) is 9.88 Å². The van der Waals surface area contributed by atoms with Crippen LogP contribution in [0.3, 0.4) is 0 Å². The van der Waals surface area contributed by atoms with Gasteiger partial charge in [-0.15, -0.1) is 0 Å². The second-order valence-electron chi connectivity index (χ2n) is 8.37. The van der Waals surface area contributed by atoms with E-state index >= 15 is 0 Å². The maximum absolute atomic E-state index is 13.3. The van der Waals surface area contributed by atoms with E-state index in [4.69, 9.17) is 4.42 Å². The molecule has 0 bridgehead atoms. The fraction of sp³-hybridized carbons (Fsp3) is 0.417. The molecular formula is C24H26N2O3. The number of hydrogen-bond donors (Lipinski definition) is 1. The van der Waals surface area contributed by atoms with Crippen LogP contribution in [0.2, 0.25) is 0 Å². The summed E-state index contributed by atoms with van der Waals surface area (Å²) in [5.74, 6) is 1.65. The van der Waals surface area contributed by atoms with Crippen molar-refractivity contribution in [3.63, 3.8) is 0 Å². The number of fused-ring (bicyclic) bond motifs is 1. The molecule has 1 aliphatic carbocycles. The van der Waals surface area contributed by atoms with Crippen LogP contribution >= 0.6 is 0 Å². The van der Waals surface area contributed by atoms with Crippen molar-refractivity contribution >= 4 is 17.0 Å². The number of carbonyl (C=O) groups excluding carboxylic acids is 1. The monoisotopic (exact) mass is 390 g/mol. The molecule has 0 spiro atoms. The number of oxazole rings is 1. The standard InChI is InChI=1S/C24H26N2O3/c27-20-6-3-4-16(14-20)7-11-19-5-1-2-13-26(19)24(28)18-10-12-21-22(15-18)29-23(25-21)17-8-9-17/h3-4,6,10,12,14-15,17,19,27H,1-2,5,7-9,11,13H2/t19-/m0/s1. The van der Waals surface area contributed by atoms with Gasteiger partial charge in [-0.25, -0.2) is 4.98 Å². The van der Waals surface area contributed by atoms with Gasteiger partial charge in [0.05, 0.1) is 0 Å². The molecule has 5 heteroatoms. The summed E-state index contributed by atoms with van der Waals surface area (Å²) < 4.78 is 5.91. The maximum Gasteiger partial charge on any atom is 0.254 e. The van der Waals surface area contributed by atoms with Gasteiger partial charge >= 0.3 is 0 Å². The van der Waals surface area contributed by atoms with Crippen LogP contribution in [0.1, 0.15) is 66.3 Å². The van der Waals surface area contributed by atoms with Gasteiger partial charge in [0.2, 0.25) is 0 Å². The minimum absolute atomic E-state index is 0.0804. The second-order valence-corrected chi connectivity index (χ2v) is 8.37. The fourth-order valence-electron chi connectivity index (χ4n) is 4.36. The Hall–Kier alpha value is -2.82. The van der Waals surface area contributed by atoms with E-state index in [0.29, 0.717) is 22.8 Å². The first-order valence-corrected chi connectivity index (χ1v) is 10.7. The molecule has 29 heavy (non-hydrogen) atoms. The summed E-state index contributed by atoms with van der Waals surface area (Å²) in [6.07, 6.45) is 7.28. The van der Waals surface area contributed by atoms with Crippen molar-refractivity contribution in [3.05, 3.63) is 59.5 Å². The summed E-state index contributed by atoms with van der Waals surface area (Å²) in [5.41, 5.74) is 3.34. The average molecular weight is 390 g/mol. The Kier molecular flexibility index (Phi) is 4.74. The molecule has 1 N–H and O–H groups in total. The number of aromatic hydroxyl groups is 1. The first-order chi connectivity index (χ1) is 14.2. The SMILES string of the molecule is O=C(c1ccc2nc(C3CC3)oc2c1)N1CCCC[C@H]1CCc1cccc(O)c1. The van der Waals surface area contributed by atoms with Gasteiger partial charge in [0, 0.05) is 24.1 Å². The number of piperidine rings is 1. The summed E-state index contributed by atoms with van der Waals surface area (Å²) in [7, 11) is 0. The summed E-state index contributed by atoms with van der Waals surface area (Å²) >= 11 is 0. The van der Waals surface area contributed by atoms with Crippen LogP contribution in [0.4, 0.5) is 0 Å². The van der Waals surface area contributed by atoms with E-state index in [9.17, 15) is 9.90 Å². The fourth-order valence-corrected chi connectivity index (χ4v) is 4.36. The number of rotatable bonds is 5. The molecule has 1 aromatic heterocycles. The van der Waals surface area contributed by atoms with Gasteiger partial charge in [-0.2, -0.15) is 0 Å². The lowest BCUT2D eigenvalue weighted by molar-refractivity contribution is 0.0602. The van der Waals surface area contributed by atoms with E-state index in [1.807, 2.05) is 41.3 Å². The van der Waals surface area contributed by atoms with Gasteiger partial charge < -0.3 is 14.4 Å². The number of likely N-dealkylation sites (tertiary alicyclic amines) is 1. The summed E-state index contributed by atoms with van der Waals surface area (Å²) in [6, 6.07) is 13.3. The molecular weight excluding hydrogens is 364 g/mol. The highest BCUT2D eigenvalue weighted by Crippen LogP contribution is 2.40. The Morgan fingerprint density at radius 2 is 2.03 bits per heavy atom. The van der Waals surface area contributed by atoms with Crippen molar-refractivity contribution in [2.75, 3.05) is 6.54 Å².